The van der Waals surface area contributed by atoms with Gasteiger partial charge in [0, 0.05) is 17.8 Å². The van der Waals surface area contributed by atoms with Crippen molar-refractivity contribution in [2.75, 3.05) is 0 Å². The monoisotopic (exact) mass is 387 g/mol. The van der Waals surface area contributed by atoms with E-state index in [4.69, 9.17) is 4.98 Å². The van der Waals surface area contributed by atoms with Crippen LogP contribution in [0.1, 0.15) is 54.2 Å². The highest BCUT2D eigenvalue weighted by Crippen LogP contribution is 2.49. The summed E-state index contributed by atoms with van der Waals surface area (Å²) in [4.78, 5) is 18.3. The highest BCUT2D eigenvalue weighted by Gasteiger charge is 2.42. The van der Waals surface area contributed by atoms with E-state index in [1.165, 1.54) is 31.2 Å². The molecule has 29 heavy (non-hydrogen) atoms. The second kappa shape index (κ2) is 7.01. The summed E-state index contributed by atoms with van der Waals surface area (Å²) in [5.74, 6) is 2.26. The summed E-state index contributed by atoms with van der Waals surface area (Å²) in [7, 11) is 0. The molecule has 0 saturated heterocycles. The Kier molecular flexibility index (Phi) is 4.45. The maximum Gasteiger partial charge on any atom is 0.270 e. The van der Waals surface area contributed by atoms with Gasteiger partial charge in [0.2, 0.25) is 0 Å². The molecule has 2 fully saturated rings. The van der Waals surface area contributed by atoms with Crippen LogP contribution in [-0.2, 0) is 0 Å². The molecule has 0 spiro atoms. The summed E-state index contributed by atoms with van der Waals surface area (Å²) in [5, 5.41) is 3.34. The van der Waals surface area contributed by atoms with Crippen LogP contribution in [0.4, 0.5) is 0 Å². The number of nitrogens with one attached hydrogen (secondary N) is 1. The molecule has 150 valence electrons. The summed E-state index contributed by atoms with van der Waals surface area (Å²) < 4.78 is 1.95. The summed E-state index contributed by atoms with van der Waals surface area (Å²) in [5.41, 5.74) is 5.50. The van der Waals surface area contributed by atoms with Crippen LogP contribution in [0.2, 0.25) is 0 Å². The largest absolute Gasteiger partial charge is 0.348 e. The molecule has 2 saturated carbocycles. The molecule has 4 nitrogen and oxygen atoms in total. The van der Waals surface area contributed by atoms with Crippen molar-refractivity contribution >= 4 is 11.6 Å². The minimum absolute atomic E-state index is 0.0195. The average Bonchev–Trinajstić information content (AvgIpc) is 3.42. The highest BCUT2D eigenvalue weighted by atomic mass is 16.2. The molecule has 4 atom stereocenters. The maximum absolute atomic E-state index is 13.5. The minimum Gasteiger partial charge on any atom is -0.348 e. The number of hydrogen-bond acceptors (Lipinski definition) is 2. The zero-order valence-electron chi connectivity index (χ0n) is 17.5. The first-order valence-electron chi connectivity index (χ1n) is 10.9. The third-order valence-corrected chi connectivity index (χ3v) is 7.10. The Labute approximate surface area is 172 Å². The van der Waals surface area contributed by atoms with Crippen LogP contribution in [0, 0.1) is 31.6 Å². The van der Waals surface area contributed by atoms with E-state index in [0.717, 1.165) is 34.3 Å². The Bertz CT molecular complexity index is 1070. The SMILES string of the molecule is Cc1ccc(-c2nc3ccc(C)cn3c2C(=O)NC(C)C2CC3CCC2C3)cc1. The van der Waals surface area contributed by atoms with Crippen molar-refractivity contribution in [3.63, 3.8) is 0 Å². The predicted octanol–water partition coefficient (Wildman–Crippen LogP) is 5.17. The van der Waals surface area contributed by atoms with Crippen molar-refractivity contribution in [2.24, 2.45) is 17.8 Å². The lowest BCUT2D eigenvalue weighted by atomic mass is 9.84. The van der Waals surface area contributed by atoms with Gasteiger partial charge < -0.3 is 5.32 Å². The lowest BCUT2D eigenvalue weighted by molar-refractivity contribution is 0.0910. The summed E-state index contributed by atoms with van der Waals surface area (Å²) in [6, 6.07) is 12.5. The molecule has 2 aliphatic carbocycles. The van der Waals surface area contributed by atoms with E-state index in [2.05, 4.69) is 43.4 Å². The number of rotatable bonds is 4. The molecule has 1 N–H and O–H groups in total. The van der Waals surface area contributed by atoms with E-state index < -0.39 is 0 Å². The number of carbonyl (C=O) groups excluding carboxylic acids is 1. The van der Waals surface area contributed by atoms with Crippen LogP contribution in [-0.4, -0.2) is 21.3 Å². The van der Waals surface area contributed by atoms with Gasteiger partial charge in [-0.15, -0.1) is 0 Å². The van der Waals surface area contributed by atoms with Crippen LogP contribution >= 0.6 is 0 Å². The molecule has 1 amide bonds. The third kappa shape index (κ3) is 3.25. The van der Waals surface area contributed by atoms with Crippen LogP contribution in [0.3, 0.4) is 0 Å². The zero-order chi connectivity index (χ0) is 20.1. The standard InChI is InChI=1S/C25H29N3O/c1-15-4-8-19(9-5-15)23-24(28-14-16(2)6-11-22(28)27-23)25(29)26-17(3)21-13-18-7-10-20(21)12-18/h4-6,8-9,11,14,17-18,20-21H,7,10,12-13H2,1-3H3,(H,26,29). The molecule has 0 radical (unpaired) electrons. The molecule has 0 aliphatic heterocycles. The minimum atomic E-state index is -0.0195. The normalized spacial score (nSPS) is 24.2. The van der Waals surface area contributed by atoms with Crippen molar-refractivity contribution < 1.29 is 4.79 Å². The predicted molar refractivity (Wildman–Crippen MR) is 116 cm³/mol. The molecule has 4 heteroatoms. The molecular formula is C25H29N3O. The smallest absolute Gasteiger partial charge is 0.270 e. The van der Waals surface area contributed by atoms with E-state index >= 15 is 0 Å². The van der Waals surface area contributed by atoms with Gasteiger partial charge in [-0.2, -0.15) is 0 Å². The molecule has 2 bridgehead atoms. The lowest BCUT2D eigenvalue weighted by Gasteiger charge is -2.28. The topological polar surface area (TPSA) is 46.4 Å². The van der Waals surface area contributed by atoms with Crippen molar-refractivity contribution in [1.29, 1.82) is 0 Å². The van der Waals surface area contributed by atoms with Gasteiger partial charge >= 0.3 is 0 Å². The summed E-state index contributed by atoms with van der Waals surface area (Å²) in [6.45, 7) is 6.30. The van der Waals surface area contributed by atoms with Gasteiger partial charge in [0.1, 0.15) is 17.0 Å². The fourth-order valence-electron chi connectivity index (χ4n) is 5.57. The number of amides is 1. The van der Waals surface area contributed by atoms with Crippen molar-refractivity contribution in [1.82, 2.24) is 14.7 Å². The van der Waals surface area contributed by atoms with Crippen LogP contribution in [0.5, 0.6) is 0 Å². The maximum atomic E-state index is 13.5. The van der Waals surface area contributed by atoms with Crippen molar-refractivity contribution in [3.8, 4) is 11.3 Å². The Morgan fingerprint density at radius 2 is 1.83 bits per heavy atom. The van der Waals surface area contributed by atoms with Gasteiger partial charge in [-0.05, 0) is 69.4 Å². The van der Waals surface area contributed by atoms with E-state index in [-0.39, 0.29) is 11.9 Å². The Morgan fingerprint density at radius 3 is 2.52 bits per heavy atom. The van der Waals surface area contributed by atoms with E-state index in [1.807, 2.05) is 29.7 Å². The first-order chi connectivity index (χ1) is 14.0. The number of nitrogens with zero attached hydrogens (tertiary/aromatic N) is 2. The second-order valence-electron chi connectivity index (χ2n) is 9.21. The molecule has 2 aromatic heterocycles. The Hall–Kier alpha value is -2.62. The van der Waals surface area contributed by atoms with E-state index in [0.29, 0.717) is 11.6 Å². The molecular weight excluding hydrogens is 358 g/mol. The molecule has 5 rings (SSSR count). The third-order valence-electron chi connectivity index (χ3n) is 7.10. The van der Waals surface area contributed by atoms with Crippen LogP contribution in [0.25, 0.3) is 16.9 Å². The highest BCUT2D eigenvalue weighted by molar-refractivity contribution is 5.99. The van der Waals surface area contributed by atoms with Crippen molar-refractivity contribution in [3.05, 3.63) is 59.4 Å². The fraction of sp³-hybridized carbons (Fsp3) is 0.440. The van der Waals surface area contributed by atoms with Gasteiger partial charge in [0.05, 0.1) is 0 Å². The zero-order valence-corrected chi connectivity index (χ0v) is 17.5. The second-order valence-corrected chi connectivity index (χ2v) is 9.21. The Morgan fingerprint density at radius 1 is 1.07 bits per heavy atom. The van der Waals surface area contributed by atoms with Gasteiger partial charge in [-0.1, -0.05) is 42.3 Å². The van der Waals surface area contributed by atoms with Gasteiger partial charge in [0.25, 0.3) is 5.91 Å². The number of imidazole rings is 1. The lowest BCUT2D eigenvalue weighted by Crippen LogP contribution is -2.40. The van der Waals surface area contributed by atoms with Crippen molar-refractivity contribution in [2.45, 2.75) is 52.5 Å². The number of benzene rings is 1. The molecule has 1 aromatic carbocycles. The first kappa shape index (κ1) is 18.4. The van der Waals surface area contributed by atoms with Crippen LogP contribution in [0.15, 0.2) is 42.6 Å². The first-order valence-corrected chi connectivity index (χ1v) is 10.9. The molecule has 4 unspecified atom stereocenters. The number of hydrogen-bond donors (Lipinski definition) is 1. The quantitative estimate of drug-likeness (QED) is 0.671. The number of aromatic nitrogens is 2. The summed E-state index contributed by atoms with van der Waals surface area (Å²) in [6.07, 6.45) is 7.35. The van der Waals surface area contributed by atoms with Crippen LogP contribution < -0.4 is 5.32 Å². The number of aryl methyl sites for hydroxylation is 2. The summed E-state index contributed by atoms with van der Waals surface area (Å²) >= 11 is 0. The van der Waals surface area contributed by atoms with Gasteiger partial charge in [-0.25, -0.2) is 4.98 Å². The number of fused-ring (bicyclic) bond motifs is 3. The fourth-order valence-corrected chi connectivity index (χ4v) is 5.57. The van der Waals surface area contributed by atoms with E-state index in [9.17, 15) is 4.79 Å². The molecule has 3 aromatic rings. The average molecular weight is 388 g/mol. The number of pyridine rings is 1. The van der Waals surface area contributed by atoms with E-state index in [1.54, 1.807) is 0 Å². The molecule has 2 aliphatic rings. The number of carbonyl (C=O) groups is 1. The Balaban J connectivity index is 1.51. The van der Waals surface area contributed by atoms with Gasteiger partial charge in [-0.3, -0.25) is 9.20 Å². The van der Waals surface area contributed by atoms with Gasteiger partial charge in [0.15, 0.2) is 0 Å². The molecule has 2 heterocycles.